The van der Waals surface area contributed by atoms with E-state index in [-0.39, 0.29) is 17.7 Å². The summed E-state index contributed by atoms with van der Waals surface area (Å²) in [5.41, 5.74) is 0.898. The molecule has 0 radical (unpaired) electrons. The molecule has 0 fully saturated rings. The minimum absolute atomic E-state index is 0.117. The van der Waals surface area contributed by atoms with Gasteiger partial charge in [-0.25, -0.2) is 4.79 Å². The average Bonchev–Trinajstić information content (AvgIpc) is 3.35. The zero-order chi connectivity index (χ0) is 24.4. The average molecular weight is 497 g/mol. The Kier molecular flexibility index (Phi) is 6.95. The molecule has 0 atom stereocenters. The van der Waals surface area contributed by atoms with Crippen molar-refractivity contribution in [3.8, 4) is 5.75 Å². The molecule has 2 heterocycles. The van der Waals surface area contributed by atoms with Crippen LogP contribution >= 0.6 is 23.1 Å². The Hall–Kier alpha value is -3.30. The molecular formula is C25H24N2O5S2. The lowest BCUT2D eigenvalue weighted by Crippen LogP contribution is -2.35. The number of esters is 1. The highest BCUT2D eigenvalue weighted by atomic mass is 32.2. The first-order chi connectivity index (χ1) is 16.4. The van der Waals surface area contributed by atoms with Crippen LogP contribution in [0.1, 0.15) is 24.2 Å². The van der Waals surface area contributed by atoms with Crippen LogP contribution in [0.4, 0.5) is 5.69 Å². The van der Waals surface area contributed by atoms with Crippen LogP contribution in [-0.4, -0.2) is 37.1 Å². The molecular weight excluding hydrogens is 472 g/mol. The van der Waals surface area contributed by atoms with Gasteiger partial charge in [0.15, 0.2) is 0 Å². The second kappa shape index (κ2) is 9.90. The molecule has 1 aliphatic rings. The summed E-state index contributed by atoms with van der Waals surface area (Å²) in [6, 6.07) is 14.3. The minimum atomic E-state index is -0.739. The first kappa shape index (κ1) is 23.8. The predicted molar refractivity (Wildman–Crippen MR) is 135 cm³/mol. The van der Waals surface area contributed by atoms with Crippen molar-refractivity contribution in [2.24, 2.45) is 0 Å². The number of rotatable bonds is 6. The summed E-state index contributed by atoms with van der Waals surface area (Å²) < 4.78 is 12.8. The summed E-state index contributed by atoms with van der Waals surface area (Å²) in [6.45, 7) is 3.91. The van der Waals surface area contributed by atoms with Crippen LogP contribution in [0.25, 0.3) is 10.6 Å². The normalized spacial score (nSPS) is 15.1. The largest absolute Gasteiger partial charge is 0.497 e. The van der Waals surface area contributed by atoms with E-state index in [9.17, 15) is 14.4 Å². The molecule has 0 amide bonds. The zero-order valence-electron chi connectivity index (χ0n) is 19.3. The van der Waals surface area contributed by atoms with Gasteiger partial charge >= 0.3 is 5.97 Å². The van der Waals surface area contributed by atoms with Crippen LogP contribution in [0, 0.1) is 0 Å². The van der Waals surface area contributed by atoms with E-state index in [0.29, 0.717) is 21.3 Å². The first-order valence-corrected chi connectivity index (χ1v) is 12.4. The number of ether oxygens (including phenoxy) is 2. The molecule has 7 nitrogen and oxygen atoms in total. The van der Waals surface area contributed by atoms with Crippen LogP contribution in [0.5, 0.6) is 5.75 Å². The number of benzene rings is 2. The van der Waals surface area contributed by atoms with Crippen molar-refractivity contribution in [2.75, 3.05) is 25.7 Å². The molecule has 0 bridgehead atoms. The number of nitrogens with zero attached hydrogens (tertiary/aromatic N) is 2. The first-order valence-electron chi connectivity index (χ1n) is 10.8. The van der Waals surface area contributed by atoms with Gasteiger partial charge in [-0.1, -0.05) is 42.1 Å². The van der Waals surface area contributed by atoms with Crippen molar-refractivity contribution in [2.45, 2.75) is 25.3 Å². The number of ketones is 1. The maximum Gasteiger partial charge on any atom is 0.345 e. The third-order valence-electron chi connectivity index (χ3n) is 5.39. The molecule has 34 heavy (non-hydrogen) atoms. The van der Waals surface area contributed by atoms with Gasteiger partial charge in [-0.3, -0.25) is 14.2 Å². The van der Waals surface area contributed by atoms with Gasteiger partial charge in [0.05, 0.1) is 19.4 Å². The van der Waals surface area contributed by atoms with Gasteiger partial charge < -0.3 is 14.4 Å². The second-order valence-corrected chi connectivity index (χ2v) is 9.41. The lowest BCUT2D eigenvalue weighted by molar-refractivity contribution is -0.136. The summed E-state index contributed by atoms with van der Waals surface area (Å²) in [5.74, 6) is -0.493. The molecule has 0 saturated carbocycles. The summed E-state index contributed by atoms with van der Waals surface area (Å²) in [5, 5.41) is 0.738. The van der Waals surface area contributed by atoms with E-state index in [0.717, 1.165) is 32.7 Å². The lowest BCUT2D eigenvalue weighted by atomic mass is 10.0. The Labute approximate surface area is 204 Å². The Bertz CT molecular complexity index is 1440. The maximum atomic E-state index is 13.5. The number of aromatic nitrogens is 1. The number of carbonyl (C=O) groups is 2. The maximum absolute atomic E-state index is 13.5. The standard InChI is InChI=1S/C25H24N2O5S2/c1-5-27-22(29)21(24-26(3)17-14-16(31-4)12-13-18(17)33-24)34-23(27)19(25(30)32-6-2)20(28)15-10-8-7-9-11-15/h7-14H,5-6H2,1-4H3. The Balaban J connectivity index is 2.00. The van der Waals surface area contributed by atoms with E-state index >= 15 is 0 Å². The van der Waals surface area contributed by atoms with Crippen molar-refractivity contribution in [3.63, 3.8) is 0 Å². The van der Waals surface area contributed by atoms with Gasteiger partial charge in [-0.2, -0.15) is 0 Å². The third-order valence-corrected chi connectivity index (χ3v) is 7.94. The van der Waals surface area contributed by atoms with Crippen LogP contribution < -0.4 is 24.4 Å². The number of fused-ring (bicyclic) bond motifs is 1. The quantitative estimate of drug-likeness (QED) is 0.295. The molecule has 0 unspecified atom stereocenters. The molecule has 0 aliphatic carbocycles. The number of methoxy groups -OCH3 is 1. The van der Waals surface area contributed by atoms with Crippen molar-refractivity contribution in [1.82, 2.24) is 4.57 Å². The van der Waals surface area contributed by atoms with E-state index < -0.39 is 11.8 Å². The number of thioether (sulfide) groups is 1. The predicted octanol–water partition coefficient (Wildman–Crippen LogP) is 2.84. The third kappa shape index (κ3) is 4.17. The lowest BCUT2D eigenvalue weighted by Gasteiger charge is -2.13. The van der Waals surface area contributed by atoms with E-state index in [1.165, 1.54) is 16.3 Å². The van der Waals surface area contributed by atoms with Gasteiger partial charge in [-0.05, 0) is 26.0 Å². The zero-order valence-corrected chi connectivity index (χ0v) is 20.9. The molecule has 3 aromatic rings. The summed E-state index contributed by atoms with van der Waals surface area (Å²) in [4.78, 5) is 42.8. The molecule has 0 spiro atoms. The highest BCUT2D eigenvalue weighted by molar-refractivity contribution is 8.08. The van der Waals surface area contributed by atoms with Crippen molar-refractivity contribution < 1.29 is 19.1 Å². The summed E-state index contributed by atoms with van der Waals surface area (Å²) >= 11 is 2.61. The number of Topliss-reactive ketones (excluding diaryl/α,β-unsaturated/α-hetero) is 1. The number of carbonyl (C=O) groups excluding carboxylic acids is 2. The van der Waals surface area contributed by atoms with Crippen LogP contribution in [0.15, 0.2) is 58.2 Å². The Morgan fingerprint density at radius 3 is 2.44 bits per heavy atom. The molecule has 4 rings (SSSR count). The van der Waals surface area contributed by atoms with E-state index in [2.05, 4.69) is 0 Å². The van der Waals surface area contributed by atoms with Crippen molar-refractivity contribution >= 4 is 51.1 Å². The van der Waals surface area contributed by atoms with Gasteiger partial charge in [0, 0.05) is 30.1 Å². The number of anilines is 1. The molecule has 1 aliphatic heterocycles. The number of hydrogen-bond donors (Lipinski definition) is 0. The van der Waals surface area contributed by atoms with Crippen molar-refractivity contribution in [3.05, 3.63) is 73.6 Å². The highest BCUT2D eigenvalue weighted by Crippen LogP contribution is 2.46. The highest BCUT2D eigenvalue weighted by Gasteiger charge is 2.28. The molecule has 2 aromatic carbocycles. The molecule has 0 saturated heterocycles. The van der Waals surface area contributed by atoms with Gasteiger partial charge in [0.1, 0.15) is 25.5 Å². The van der Waals surface area contributed by atoms with Crippen LogP contribution in [0.3, 0.4) is 0 Å². The summed E-state index contributed by atoms with van der Waals surface area (Å²) in [7, 11) is 3.49. The monoisotopic (exact) mass is 496 g/mol. The van der Waals surface area contributed by atoms with Crippen LogP contribution in [0.2, 0.25) is 0 Å². The minimum Gasteiger partial charge on any atom is -0.497 e. The Morgan fingerprint density at radius 1 is 1.06 bits per heavy atom. The number of hydrogen-bond acceptors (Lipinski definition) is 8. The molecule has 0 N–H and O–H groups in total. The SMILES string of the molecule is CCOC(=O)C(C(=O)c1ccccc1)=c1sc(=C2Sc3ccc(OC)cc3N2C)c(=O)n1CC. The van der Waals surface area contributed by atoms with Gasteiger partial charge in [0.25, 0.3) is 5.56 Å². The topological polar surface area (TPSA) is 77.8 Å². The fourth-order valence-corrected chi connectivity index (χ4v) is 6.21. The van der Waals surface area contributed by atoms with E-state index in [1.54, 1.807) is 44.4 Å². The summed E-state index contributed by atoms with van der Waals surface area (Å²) in [6.07, 6.45) is 0. The smallest absolute Gasteiger partial charge is 0.345 e. The van der Waals surface area contributed by atoms with E-state index in [1.807, 2.05) is 37.1 Å². The fraction of sp³-hybridized carbons (Fsp3) is 0.240. The molecule has 9 heteroatoms. The fourth-order valence-electron chi connectivity index (χ4n) is 3.69. The van der Waals surface area contributed by atoms with Crippen molar-refractivity contribution in [1.29, 1.82) is 0 Å². The molecule has 1 aromatic heterocycles. The number of thiazole rings is 1. The Morgan fingerprint density at radius 2 is 1.79 bits per heavy atom. The van der Waals surface area contributed by atoms with Crippen LogP contribution in [-0.2, 0) is 16.1 Å². The van der Waals surface area contributed by atoms with Gasteiger partial charge in [-0.15, -0.1) is 11.3 Å². The van der Waals surface area contributed by atoms with Gasteiger partial charge in [0.2, 0.25) is 5.78 Å². The second-order valence-electron chi connectivity index (χ2n) is 7.38. The van der Waals surface area contributed by atoms with E-state index in [4.69, 9.17) is 9.47 Å². The molecule has 176 valence electrons.